The molecule has 49 heavy (non-hydrogen) atoms. The van der Waals surface area contributed by atoms with Gasteiger partial charge in [0.25, 0.3) is 5.69 Å². The number of carbonyl (C=O) groups is 2. The smallest absolute Gasteiger partial charge is 0.871 e. The molecule has 0 fully saturated rings. The van der Waals surface area contributed by atoms with Crippen LogP contribution < -0.4 is 10.2 Å². The molecule has 0 saturated heterocycles. The fraction of sp³-hybridized carbons (Fsp3) is 0.0588. The molecule has 14 nitrogen and oxygen atoms in total. The van der Waals surface area contributed by atoms with Gasteiger partial charge in [0.1, 0.15) is 11.4 Å². The van der Waals surface area contributed by atoms with Crippen molar-refractivity contribution >= 4 is 56.9 Å². The quantitative estimate of drug-likeness (QED) is 0.105. The minimum Gasteiger partial charge on any atom is -0.871 e. The standard InChI is InChI=1S/C17H13N3O4.C17H11N3O4.Cr/c2*1-10-8-13(17(22)14(9-10)20(23)24)18-19-16-12-5-3-2-4-11(12)6-7-15(16)21;/h2-9,21-22H,1H3;2-9H,1H3;/q;-2;+3/p-1. The van der Waals surface area contributed by atoms with E-state index in [-0.39, 0.29) is 53.1 Å². The van der Waals surface area contributed by atoms with Gasteiger partial charge >= 0.3 is 18.8 Å². The van der Waals surface area contributed by atoms with Crippen molar-refractivity contribution in [3.8, 4) is 11.5 Å². The normalized spacial score (nSPS) is 15.3. The Kier molecular flexibility index (Phi) is 11.1. The van der Waals surface area contributed by atoms with E-state index in [0.717, 1.165) is 10.9 Å². The van der Waals surface area contributed by atoms with Crippen molar-refractivity contribution in [3.63, 3.8) is 0 Å². The molecule has 1 radical (unpaired) electrons. The number of Topliss-reactive ketones (excluding diaryl/α,β-unsaturated/α-hetero) is 1. The fourth-order valence-electron chi connectivity index (χ4n) is 4.77. The van der Waals surface area contributed by atoms with Gasteiger partial charge in [0.2, 0.25) is 11.6 Å². The molecule has 0 spiro atoms. The molecule has 0 aliphatic heterocycles. The predicted octanol–water partition coefficient (Wildman–Crippen LogP) is 5.87. The SMILES string of the molecule is CC1=CC(=NN=C2C(=O)C=Cc3ccccc32)C(=O)C(N([O-])[O-])=C1.Cc1cc(N=Nc2c([O-])ccc3ccccc23)c([O-])c([N+](=O)[O-])c1.[Cr+3].[H+]. The zero-order chi connectivity index (χ0) is 34.5. The molecule has 2 aliphatic rings. The van der Waals surface area contributed by atoms with Crippen LogP contribution in [0.4, 0.5) is 17.1 Å². The number of allylic oxidation sites excluding steroid dienone is 5. The van der Waals surface area contributed by atoms with Crippen molar-refractivity contribution in [3.05, 3.63) is 140 Å². The van der Waals surface area contributed by atoms with Crippen LogP contribution in [-0.2, 0) is 27.0 Å². The van der Waals surface area contributed by atoms with Gasteiger partial charge in [0, 0.05) is 22.8 Å². The van der Waals surface area contributed by atoms with E-state index < -0.39 is 33.1 Å². The summed E-state index contributed by atoms with van der Waals surface area (Å²) in [6.07, 6.45) is 5.62. The Labute approximate surface area is 290 Å². The molecule has 0 saturated carbocycles. The molecule has 6 rings (SSSR count). The second-order valence-electron chi connectivity index (χ2n) is 10.4. The molecule has 0 N–H and O–H groups in total. The summed E-state index contributed by atoms with van der Waals surface area (Å²) < 4.78 is 0. The molecular weight excluding hydrogens is 672 g/mol. The van der Waals surface area contributed by atoms with E-state index >= 15 is 0 Å². The van der Waals surface area contributed by atoms with Crippen LogP contribution in [0.1, 0.15) is 25.0 Å². The zero-order valence-corrected chi connectivity index (χ0v) is 26.9. The number of hydrogen-bond acceptors (Lipinski definition) is 13. The van der Waals surface area contributed by atoms with E-state index in [2.05, 4.69) is 20.4 Å². The van der Waals surface area contributed by atoms with Crippen LogP contribution in [0.3, 0.4) is 0 Å². The summed E-state index contributed by atoms with van der Waals surface area (Å²) >= 11 is 0. The van der Waals surface area contributed by atoms with Gasteiger partial charge in [0.05, 0.1) is 22.0 Å². The molecule has 0 heterocycles. The number of aryl methyl sites for hydroxylation is 1. The van der Waals surface area contributed by atoms with Crippen LogP contribution in [0.2, 0.25) is 0 Å². The maximum absolute atomic E-state index is 12.1. The van der Waals surface area contributed by atoms with Crippen molar-refractivity contribution in [2.75, 3.05) is 0 Å². The number of carbonyl (C=O) groups excluding carboxylic acids is 2. The fourth-order valence-corrected chi connectivity index (χ4v) is 4.77. The number of benzene rings is 4. The van der Waals surface area contributed by atoms with E-state index in [1.54, 1.807) is 50.3 Å². The van der Waals surface area contributed by atoms with Crippen molar-refractivity contribution in [2.45, 2.75) is 13.8 Å². The van der Waals surface area contributed by atoms with Gasteiger partial charge in [-0.05, 0) is 60.2 Å². The van der Waals surface area contributed by atoms with Crippen LogP contribution >= 0.6 is 0 Å². The molecule has 15 heteroatoms. The number of fused-ring (bicyclic) bond motifs is 2. The number of nitro benzene ring substituents is 1. The number of rotatable bonds is 5. The molecule has 0 atom stereocenters. The third kappa shape index (κ3) is 7.90. The molecule has 2 aliphatic carbocycles. The minimum atomic E-state index is -0.831. The first kappa shape index (κ1) is 35.7. The van der Waals surface area contributed by atoms with Gasteiger partial charge in [-0.25, -0.2) is 0 Å². The van der Waals surface area contributed by atoms with Gasteiger partial charge in [-0.1, -0.05) is 72.5 Å². The Balaban J connectivity index is 0.000000260. The zero-order valence-electron chi connectivity index (χ0n) is 26.6. The van der Waals surface area contributed by atoms with Crippen LogP contribution in [0.25, 0.3) is 16.8 Å². The molecule has 0 aromatic heterocycles. The number of hydroxylamine groups is 2. The molecule has 243 valence electrons. The first-order valence-electron chi connectivity index (χ1n) is 14.1. The summed E-state index contributed by atoms with van der Waals surface area (Å²) in [5, 5.41) is 72.9. The summed E-state index contributed by atoms with van der Waals surface area (Å²) in [5.74, 6) is -2.34. The number of nitrogens with zero attached hydrogens (tertiary/aromatic N) is 6. The molecule has 0 unspecified atom stereocenters. The Morgan fingerprint density at radius 1 is 0.837 bits per heavy atom. The van der Waals surface area contributed by atoms with Crippen molar-refractivity contribution in [2.24, 2.45) is 20.4 Å². The largest absolute Gasteiger partial charge is 3.00 e. The monoisotopic (exact) mass is 695 g/mol. The first-order valence-corrected chi connectivity index (χ1v) is 14.1. The van der Waals surface area contributed by atoms with Crippen molar-refractivity contribution < 1.29 is 43.5 Å². The summed E-state index contributed by atoms with van der Waals surface area (Å²) in [6, 6.07) is 19.9. The average molecular weight is 696 g/mol. The molecule has 0 bridgehead atoms. The van der Waals surface area contributed by atoms with E-state index in [1.807, 2.05) is 24.3 Å². The second kappa shape index (κ2) is 15.2. The summed E-state index contributed by atoms with van der Waals surface area (Å²) in [6.45, 7) is 3.23. The van der Waals surface area contributed by atoms with Crippen LogP contribution in [0.5, 0.6) is 11.5 Å². The summed E-state index contributed by atoms with van der Waals surface area (Å²) in [4.78, 5) is 34.3. The Hall–Kier alpha value is -6.11. The molecule has 0 amide bonds. The van der Waals surface area contributed by atoms with Gasteiger partial charge in [0.15, 0.2) is 0 Å². The van der Waals surface area contributed by atoms with E-state index in [0.29, 0.717) is 22.1 Å². The van der Waals surface area contributed by atoms with Crippen LogP contribution in [0.15, 0.2) is 123 Å². The summed E-state index contributed by atoms with van der Waals surface area (Å²) in [5.41, 5.74) is 1.14. The van der Waals surface area contributed by atoms with Crippen molar-refractivity contribution in [1.29, 1.82) is 0 Å². The van der Waals surface area contributed by atoms with Gasteiger partial charge in [-0.15, -0.1) is 10.2 Å². The number of azo groups is 1. The van der Waals surface area contributed by atoms with E-state index in [1.165, 1.54) is 36.4 Å². The Bertz CT molecular complexity index is 2190. The topological polar surface area (TPSA) is 222 Å². The Morgan fingerprint density at radius 2 is 1.55 bits per heavy atom. The minimum absolute atomic E-state index is 0. The third-order valence-electron chi connectivity index (χ3n) is 7.02. The van der Waals surface area contributed by atoms with Crippen LogP contribution in [-0.4, -0.2) is 33.1 Å². The number of hydrogen-bond donors (Lipinski definition) is 0. The van der Waals surface area contributed by atoms with Crippen LogP contribution in [0, 0.1) is 27.5 Å². The van der Waals surface area contributed by atoms with Crippen molar-refractivity contribution in [1.82, 2.24) is 5.23 Å². The average Bonchev–Trinajstić information content (AvgIpc) is 3.06. The van der Waals surface area contributed by atoms with Gasteiger partial charge in [-0.2, -0.15) is 10.2 Å². The van der Waals surface area contributed by atoms with E-state index in [4.69, 9.17) is 0 Å². The predicted molar refractivity (Wildman–Crippen MR) is 176 cm³/mol. The van der Waals surface area contributed by atoms with Gasteiger partial charge < -0.3 is 25.9 Å². The maximum atomic E-state index is 12.1. The van der Waals surface area contributed by atoms with Gasteiger partial charge in [-0.3, -0.25) is 19.7 Å². The maximum Gasteiger partial charge on any atom is 3.00 e. The molecule has 4 aromatic carbocycles. The third-order valence-corrected chi connectivity index (χ3v) is 7.02. The first-order chi connectivity index (χ1) is 22.9. The van der Waals surface area contributed by atoms with E-state index in [9.17, 15) is 40.3 Å². The molecular formula is C34H23CrN6O8. The number of nitro groups is 1. The summed E-state index contributed by atoms with van der Waals surface area (Å²) in [7, 11) is 0. The molecule has 4 aromatic rings. The Morgan fingerprint density at radius 3 is 2.29 bits per heavy atom. The number of ketones is 2. The second-order valence-corrected chi connectivity index (χ2v) is 10.4.